The number of nitrogens with zero attached hydrogens (tertiary/aromatic N) is 2. The van der Waals surface area contributed by atoms with Crippen molar-refractivity contribution in [3.63, 3.8) is 0 Å². The van der Waals surface area contributed by atoms with Crippen molar-refractivity contribution >= 4 is 0 Å². The number of benzene rings is 1. The number of likely N-dealkylation sites (tertiary alicyclic amines) is 1. The van der Waals surface area contributed by atoms with E-state index in [4.69, 9.17) is 10.00 Å². The van der Waals surface area contributed by atoms with Crippen LogP contribution in [0.1, 0.15) is 38.7 Å². The van der Waals surface area contributed by atoms with Crippen LogP contribution in [0.25, 0.3) is 0 Å². The van der Waals surface area contributed by atoms with Gasteiger partial charge in [0.25, 0.3) is 0 Å². The zero-order valence-corrected chi connectivity index (χ0v) is 11.8. The highest BCUT2D eigenvalue weighted by Gasteiger charge is 2.22. The molecule has 1 atom stereocenters. The molecule has 0 N–H and O–H groups in total. The molecule has 3 nitrogen and oxygen atoms in total. The largest absolute Gasteiger partial charge is 0.490 e. The molecule has 102 valence electrons. The van der Waals surface area contributed by atoms with E-state index >= 15 is 0 Å². The van der Waals surface area contributed by atoms with E-state index < -0.39 is 0 Å². The molecule has 1 aromatic carbocycles. The lowest BCUT2D eigenvalue weighted by Crippen LogP contribution is -2.42. The molecular weight excluding hydrogens is 236 g/mol. The van der Waals surface area contributed by atoms with E-state index in [0.717, 1.165) is 31.7 Å². The highest BCUT2D eigenvalue weighted by Crippen LogP contribution is 2.21. The molecular formula is C16H22N2O. The fraction of sp³-hybridized carbons (Fsp3) is 0.562. The summed E-state index contributed by atoms with van der Waals surface area (Å²) >= 11 is 0. The maximum atomic E-state index is 8.76. The number of hydrogen-bond acceptors (Lipinski definition) is 3. The summed E-state index contributed by atoms with van der Waals surface area (Å²) in [6, 6.07) is 10.2. The van der Waals surface area contributed by atoms with E-state index in [0.29, 0.717) is 17.7 Å². The first-order valence-electron chi connectivity index (χ1n) is 7.13. The van der Waals surface area contributed by atoms with Gasteiger partial charge < -0.3 is 9.64 Å². The van der Waals surface area contributed by atoms with Gasteiger partial charge in [-0.3, -0.25) is 0 Å². The minimum absolute atomic E-state index is 0.313. The Kier molecular flexibility index (Phi) is 4.81. The first-order chi connectivity index (χ1) is 9.22. The van der Waals surface area contributed by atoms with Crippen molar-refractivity contribution in [3.05, 3.63) is 29.8 Å². The molecule has 0 amide bonds. The van der Waals surface area contributed by atoms with E-state index in [2.05, 4.69) is 24.8 Å². The van der Waals surface area contributed by atoms with Crippen LogP contribution >= 0.6 is 0 Å². The number of rotatable bonds is 4. The SMILES string of the molecule is CC[C@H](C)N1CCC(Oc2ccc(C#N)cc2)CC1. The van der Waals surface area contributed by atoms with Gasteiger partial charge in [-0.1, -0.05) is 6.92 Å². The summed E-state index contributed by atoms with van der Waals surface area (Å²) in [4.78, 5) is 2.54. The molecule has 0 radical (unpaired) electrons. The molecule has 19 heavy (non-hydrogen) atoms. The predicted molar refractivity (Wildman–Crippen MR) is 76.1 cm³/mol. The molecule has 0 aliphatic carbocycles. The van der Waals surface area contributed by atoms with Crippen molar-refractivity contribution in [1.82, 2.24) is 4.90 Å². The quantitative estimate of drug-likeness (QED) is 0.832. The number of ether oxygens (including phenoxy) is 1. The summed E-state index contributed by atoms with van der Waals surface area (Å²) < 4.78 is 5.98. The number of hydrogen-bond donors (Lipinski definition) is 0. The molecule has 3 heteroatoms. The van der Waals surface area contributed by atoms with Crippen LogP contribution in [0.3, 0.4) is 0 Å². The van der Waals surface area contributed by atoms with E-state index in [1.54, 1.807) is 0 Å². The molecule has 1 heterocycles. The molecule has 1 saturated heterocycles. The summed E-state index contributed by atoms with van der Waals surface area (Å²) in [6.45, 7) is 6.78. The van der Waals surface area contributed by atoms with E-state index in [1.165, 1.54) is 6.42 Å². The van der Waals surface area contributed by atoms with Crippen molar-refractivity contribution in [2.24, 2.45) is 0 Å². The fourth-order valence-corrected chi connectivity index (χ4v) is 2.49. The van der Waals surface area contributed by atoms with Gasteiger partial charge in [-0.05, 0) is 50.5 Å². The van der Waals surface area contributed by atoms with Crippen LogP contribution < -0.4 is 4.74 Å². The molecule has 0 saturated carbocycles. The number of nitriles is 1. The summed E-state index contributed by atoms with van der Waals surface area (Å²) in [5.74, 6) is 0.876. The van der Waals surface area contributed by atoms with Gasteiger partial charge in [0.15, 0.2) is 0 Å². The van der Waals surface area contributed by atoms with Crippen LogP contribution in [-0.4, -0.2) is 30.1 Å². The van der Waals surface area contributed by atoms with Gasteiger partial charge >= 0.3 is 0 Å². The Balaban J connectivity index is 1.83. The summed E-state index contributed by atoms with van der Waals surface area (Å²) in [5, 5.41) is 8.76. The van der Waals surface area contributed by atoms with Crippen LogP contribution in [0.15, 0.2) is 24.3 Å². The van der Waals surface area contributed by atoms with Crippen molar-refractivity contribution in [1.29, 1.82) is 5.26 Å². The summed E-state index contributed by atoms with van der Waals surface area (Å²) in [6.07, 6.45) is 3.70. The first kappa shape index (κ1) is 13.9. The zero-order valence-electron chi connectivity index (χ0n) is 11.8. The first-order valence-corrected chi connectivity index (χ1v) is 7.13. The Morgan fingerprint density at radius 1 is 1.32 bits per heavy atom. The predicted octanol–water partition coefficient (Wildman–Crippen LogP) is 3.20. The lowest BCUT2D eigenvalue weighted by Gasteiger charge is -2.35. The second-order valence-electron chi connectivity index (χ2n) is 5.25. The Labute approximate surface area is 115 Å². The monoisotopic (exact) mass is 258 g/mol. The standard InChI is InChI=1S/C16H22N2O/c1-3-13(2)18-10-8-16(9-11-18)19-15-6-4-14(12-17)5-7-15/h4-7,13,16H,3,8-11H2,1-2H3/t13-/m0/s1. The minimum atomic E-state index is 0.313. The van der Waals surface area contributed by atoms with Gasteiger partial charge in [0.1, 0.15) is 11.9 Å². The second-order valence-corrected chi connectivity index (χ2v) is 5.25. The van der Waals surface area contributed by atoms with Crippen molar-refractivity contribution in [3.8, 4) is 11.8 Å². The van der Waals surface area contributed by atoms with Crippen molar-refractivity contribution in [2.75, 3.05) is 13.1 Å². The normalized spacial score (nSPS) is 18.8. The highest BCUT2D eigenvalue weighted by atomic mass is 16.5. The third-order valence-electron chi connectivity index (χ3n) is 3.98. The Morgan fingerprint density at radius 2 is 1.95 bits per heavy atom. The van der Waals surface area contributed by atoms with Gasteiger partial charge in [-0.15, -0.1) is 0 Å². The molecule has 2 rings (SSSR count). The maximum Gasteiger partial charge on any atom is 0.119 e. The maximum absolute atomic E-state index is 8.76. The molecule has 0 spiro atoms. The lowest BCUT2D eigenvalue weighted by molar-refractivity contribution is 0.0788. The van der Waals surface area contributed by atoms with Crippen LogP contribution in [0, 0.1) is 11.3 Å². The van der Waals surface area contributed by atoms with Gasteiger partial charge in [0.2, 0.25) is 0 Å². The number of piperidine rings is 1. The van der Waals surface area contributed by atoms with Crippen molar-refractivity contribution in [2.45, 2.75) is 45.3 Å². The van der Waals surface area contributed by atoms with E-state index in [-0.39, 0.29) is 0 Å². The van der Waals surface area contributed by atoms with Crippen LogP contribution in [0.2, 0.25) is 0 Å². The third-order valence-corrected chi connectivity index (χ3v) is 3.98. The van der Waals surface area contributed by atoms with Crippen LogP contribution in [0.5, 0.6) is 5.75 Å². The topological polar surface area (TPSA) is 36.3 Å². The van der Waals surface area contributed by atoms with E-state index in [1.807, 2.05) is 24.3 Å². The Morgan fingerprint density at radius 3 is 2.47 bits per heavy atom. The average molecular weight is 258 g/mol. The van der Waals surface area contributed by atoms with Crippen molar-refractivity contribution < 1.29 is 4.74 Å². The highest BCUT2D eigenvalue weighted by molar-refractivity contribution is 5.34. The van der Waals surface area contributed by atoms with Gasteiger partial charge in [0.05, 0.1) is 11.6 Å². The third kappa shape index (κ3) is 3.71. The smallest absolute Gasteiger partial charge is 0.119 e. The van der Waals surface area contributed by atoms with Gasteiger partial charge in [-0.2, -0.15) is 5.26 Å². The van der Waals surface area contributed by atoms with Crippen LogP contribution in [0.4, 0.5) is 0 Å². The summed E-state index contributed by atoms with van der Waals surface area (Å²) in [7, 11) is 0. The minimum Gasteiger partial charge on any atom is -0.490 e. The zero-order chi connectivity index (χ0) is 13.7. The average Bonchev–Trinajstić information content (AvgIpc) is 2.48. The van der Waals surface area contributed by atoms with E-state index in [9.17, 15) is 0 Å². The molecule has 0 unspecified atom stereocenters. The van der Waals surface area contributed by atoms with Gasteiger partial charge in [0, 0.05) is 19.1 Å². The second kappa shape index (κ2) is 6.58. The molecule has 1 aromatic rings. The molecule has 1 aliphatic rings. The van der Waals surface area contributed by atoms with Gasteiger partial charge in [-0.25, -0.2) is 0 Å². The molecule has 0 bridgehead atoms. The Hall–Kier alpha value is -1.53. The fourth-order valence-electron chi connectivity index (χ4n) is 2.49. The molecule has 1 fully saturated rings. The molecule has 1 aliphatic heterocycles. The summed E-state index contributed by atoms with van der Waals surface area (Å²) in [5.41, 5.74) is 0.680. The Bertz CT molecular complexity index is 427. The van der Waals surface area contributed by atoms with Crippen LogP contribution in [-0.2, 0) is 0 Å². The lowest BCUT2D eigenvalue weighted by atomic mass is 10.0. The molecule has 0 aromatic heterocycles.